The van der Waals surface area contributed by atoms with Gasteiger partial charge in [-0.2, -0.15) is 0 Å². The van der Waals surface area contributed by atoms with Crippen LogP contribution in [0.5, 0.6) is 0 Å². The molecule has 5 nitrogen and oxygen atoms in total. The van der Waals surface area contributed by atoms with Crippen LogP contribution in [0.15, 0.2) is 4.47 Å². The highest BCUT2D eigenvalue weighted by Gasteiger charge is 2.42. The van der Waals surface area contributed by atoms with E-state index in [0.29, 0.717) is 28.1 Å². The molecule has 21 heavy (non-hydrogen) atoms. The molecule has 1 saturated carbocycles. The average molecular weight is 358 g/mol. The summed E-state index contributed by atoms with van der Waals surface area (Å²) in [7, 11) is 3.37. The zero-order valence-electron chi connectivity index (χ0n) is 13.2. The maximum Gasteiger partial charge on any atom is 0.163 e. The summed E-state index contributed by atoms with van der Waals surface area (Å²) < 4.78 is 11.7. The van der Waals surface area contributed by atoms with Crippen LogP contribution >= 0.6 is 15.9 Å². The molecule has 0 aromatic carbocycles. The van der Waals surface area contributed by atoms with Crippen LogP contribution in [0.1, 0.15) is 51.0 Å². The SMILES string of the molecule is COCc1nc(C2(OC)CCC(C)(C)CC2)nc(N)c1Br. The van der Waals surface area contributed by atoms with Crippen molar-refractivity contribution >= 4 is 21.7 Å². The Kier molecular flexibility index (Phi) is 4.90. The van der Waals surface area contributed by atoms with E-state index < -0.39 is 5.60 Å². The minimum atomic E-state index is -0.438. The van der Waals surface area contributed by atoms with Gasteiger partial charge in [0.1, 0.15) is 11.4 Å². The van der Waals surface area contributed by atoms with Gasteiger partial charge in [0.25, 0.3) is 0 Å². The first-order valence-corrected chi connectivity index (χ1v) is 7.99. The van der Waals surface area contributed by atoms with Crippen molar-refractivity contribution in [3.63, 3.8) is 0 Å². The summed E-state index contributed by atoms with van der Waals surface area (Å²) >= 11 is 3.43. The maximum atomic E-state index is 6.02. The predicted octanol–water partition coefficient (Wildman–Crippen LogP) is 3.41. The fourth-order valence-corrected chi connectivity index (χ4v) is 3.09. The van der Waals surface area contributed by atoms with Gasteiger partial charge >= 0.3 is 0 Å². The number of methoxy groups -OCH3 is 2. The molecule has 0 radical (unpaired) electrons. The average Bonchev–Trinajstić information content (AvgIpc) is 2.44. The van der Waals surface area contributed by atoms with E-state index in [1.54, 1.807) is 14.2 Å². The molecule has 0 atom stereocenters. The molecule has 2 rings (SSSR count). The van der Waals surface area contributed by atoms with Gasteiger partial charge in [-0.25, -0.2) is 9.97 Å². The summed E-state index contributed by atoms with van der Waals surface area (Å²) in [6.07, 6.45) is 3.98. The lowest BCUT2D eigenvalue weighted by Gasteiger charge is -2.41. The molecular weight excluding hydrogens is 334 g/mol. The fraction of sp³-hybridized carbons (Fsp3) is 0.733. The lowest BCUT2D eigenvalue weighted by molar-refractivity contribution is -0.0731. The number of hydrogen-bond donors (Lipinski definition) is 1. The van der Waals surface area contributed by atoms with E-state index in [4.69, 9.17) is 15.2 Å². The third-order valence-corrected chi connectivity index (χ3v) is 5.30. The molecule has 0 bridgehead atoms. The quantitative estimate of drug-likeness (QED) is 0.893. The van der Waals surface area contributed by atoms with E-state index in [9.17, 15) is 0 Å². The normalized spacial score (nSPS) is 20.4. The number of nitrogens with two attached hydrogens (primary N) is 1. The Bertz CT molecular complexity index is 510. The first-order chi connectivity index (χ1) is 9.83. The highest BCUT2D eigenvalue weighted by molar-refractivity contribution is 9.10. The van der Waals surface area contributed by atoms with Crippen molar-refractivity contribution in [2.24, 2.45) is 5.41 Å². The van der Waals surface area contributed by atoms with Crippen molar-refractivity contribution in [1.29, 1.82) is 0 Å². The van der Waals surface area contributed by atoms with E-state index in [0.717, 1.165) is 31.4 Å². The summed E-state index contributed by atoms with van der Waals surface area (Å²) in [6, 6.07) is 0. The Morgan fingerprint density at radius 3 is 2.29 bits per heavy atom. The van der Waals surface area contributed by atoms with Gasteiger partial charge in [0, 0.05) is 14.2 Å². The predicted molar refractivity (Wildman–Crippen MR) is 85.8 cm³/mol. The van der Waals surface area contributed by atoms with Crippen LogP contribution in [0.3, 0.4) is 0 Å². The lowest BCUT2D eigenvalue weighted by Crippen LogP contribution is -2.38. The number of ether oxygens (including phenoxy) is 2. The zero-order valence-corrected chi connectivity index (χ0v) is 14.8. The molecular formula is C15H24BrN3O2. The summed E-state index contributed by atoms with van der Waals surface area (Å²) in [4.78, 5) is 9.12. The van der Waals surface area contributed by atoms with Gasteiger partial charge in [-0.3, -0.25) is 0 Å². The molecule has 1 aromatic rings. The van der Waals surface area contributed by atoms with Gasteiger partial charge in [0.05, 0.1) is 16.8 Å². The first kappa shape index (κ1) is 16.6. The van der Waals surface area contributed by atoms with Crippen LogP contribution in [-0.2, 0) is 21.7 Å². The summed E-state index contributed by atoms with van der Waals surface area (Å²) in [5, 5.41) is 0. The number of hydrogen-bond acceptors (Lipinski definition) is 5. The second-order valence-corrected chi connectivity index (χ2v) is 7.28. The minimum absolute atomic E-state index is 0.346. The summed E-state index contributed by atoms with van der Waals surface area (Å²) in [5.74, 6) is 1.11. The Hall–Kier alpha value is -0.720. The molecule has 1 heterocycles. The molecule has 6 heteroatoms. The molecule has 1 aliphatic carbocycles. The third kappa shape index (κ3) is 3.38. The highest BCUT2D eigenvalue weighted by Crippen LogP contribution is 2.46. The highest BCUT2D eigenvalue weighted by atomic mass is 79.9. The fourth-order valence-electron chi connectivity index (χ4n) is 2.80. The standard InChI is InChI=1S/C15H24BrN3O2/c1-14(2)5-7-15(21-4,8-6-14)13-18-10(9-20-3)11(16)12(17)19-13/h5-9H2,1-4H3,(H2,17,18,19). The van der Waals surface area contributed by atoms with Gasteiger partial charge in [-0.1, -0.05) is 13.8 Å². The Labute approximate surface area is 134 Å². The number of rotatable bonds is 4. The van der Waals surface area contributed by atoms with Crippen molar-refractivity contribution in [1.82, 2.24) is 9.97 Å². The lowest BCUT2D eigenvalue weighted by atomic mass is 9.70. The van der Waals surface area contributed by atoms with E-state index in [1.165, 1.54) is 0 Å². The summed E-state index contributed by atoms with van der Waals surface area (Å²) in [6.45, 7) is 4.98. The van der Waals surface area contributed by atoms with Crippen LogP contribution in [-0.4, -0.2) is 24.2 Å². The Balaban J connectivity index is 2.39. The van der Waals surface area contributed by atoms with Crippen LogP contribution in [0.2, 0.25) is 0 Å². The smallest absolute Gasteiger partial charge is 0.163 e. The molecule has 1 fully saturated rings. The number of nitrogens with zero attached hydrogens (tertiary/aromatic N) is 2. The van der Waals surface area contributed by atoms with Gasteiger partial charge < -0.3 is 15.2 Å². The number of anilines is 1. The van der Waals surface area contributed by atoms with Crippen molar-refractivity contribution in [2.45, 2.75) is 51.7 Å². The van der Waals surface area contributed by atoms with E-state index in [1.807, 2.05) is 0 Å². The third-order valence-electron chi connectivity index (χ3n) is 4.44. The van der Waals surface area contributed by atoms with Gasteiger partial charge in [0.15, 0.2) is 5.82 Å². The molecule has 1 aromatic heterocycles. The molecule has 118 valence electrons. The number of halogens is 1. The first-order valence-electron chi connectivity index (χ1n) is 7.20. The molecule has 0 spiro atoms. The second-order valence-electron chi connectivity index (χ2n) is 6.49. The van der Waals surface area contributed by atoms with Crippen molar-refractivity contribution in [2.75, 3.05) is 20.0 Å². The van der Waals surface area contributed by atoms with Gasteiger partial charge in [0.2, 0.25) is 0 Å². The second kappa shape index (κ2) is 6.18. The maximum absolute atomic E-state index is 6.02. The van der Waals surface area contributed by atoms with Crippen molar-refractivity contribution in [3.8, 4) is 0 Å². The number of nitrogen functional groups attached to an aromatic ring is 1. The van der Waals surface area contributed by atoms with E-state index in [2.05, 4.69) is 39.7 Å². The number of aromatic nitrogens is 2. The minimum Gasteiger partial charge on any atom is -0.383 e. The van der Waals surface area contributed by atoms with Crippen LogP contribution < -0.4 is 5.73 Å². The summed E-state index contributed by atoms with van der Waals surface area (Å²) in [5.41, 5.74) is 6.69. The molecule has 0 unspecified atom stereocenters. The largest absolute Gasteiger partial charge is 0.383 e. The van der Waals surface area contributed by atoms with Crippen LogP contribution in [0.25, 0.3) is 0 Å². The van der Waals surface area contributed by atoms with Crippen molar-refractivity contribution in [3.05, 3.63) is 16.0 Å². The van der Waals surface area contributed by atoms with Gasteiger partial charge in [-0.05, 0) is 47.0 Å². The van der Waals surface area contributed by atoms with Gasteiger partial charge in [-0.15, -0.1) is 0 Å². The Morgan fingerprint density at radius 1 is 1.14 bits per heavy atom. The molecule has 1 aliphatic rings. The van der Waals surface area contributed by atoms with Crippen LogP contribution in [0, 0.1) is 5.41 Å². The Morgan fingerprint density at radius 2 is 1.76 bits per heavy atom. The molecule has 0 amide bonds. The topological polar surface area (TPSA) is 70.3 Å². The molecule has 0 aliphatic heterocycles. The van der Waals surface area contributed by atoms with E-state index in [-0.39, 0.29) is 0 Å². The molecule has 0 saturated heterocycles. The molecule has 2 N–H and O–H groups in total. The monoisotopic (exact) mass is 357 g/mol. The zero-order chi connectivity index (χ0) is 15.7. The van der Waals surface area contributed by atoms with Crippen LogP contribution in [0.4, 0.5) is 5.82 Å². The van der Waals surface area contributed by atoms with Crippen molar-refractivity contribution < 1.29 is 9.47 Å². The van der Waals surface area contributed by atoms with E-state index >= 15 is 0 Å².